The average Bonchev–Trinajstić information content (AvgIpc) is 2.29. The molecule has 1 aromatic rings. The van der Waals surface area contributed by atoms with Gasteiger partial charge in [-0.1, -0.05) is 0 Å². The summed E-state index contributed by atoms with van der Waals surface area (Å²) in [5.74, 6) is 0.132. The molecule has 0 aromatic carbocycles. The summed E-state index contributed by atoms with van der Waals surface area (Å²) in [7, 11) is 1.30. The van der Waals surface area contributed by atoms with Crippen LogP contribution in [-0.4, -0.2) is 36.1 Å². The van der Waals surface area contributed by atoms with Crippen molar-refractivity contribution in [3.8, 4) is 0 Å². The van der Waals surface area contributed by atoms with E-state index >= 15 is 0 Å². The lowest BCUT2D eigenvalue weighted by Gasteiger charge is -2.03. The van der Waals surface area contributed by atoms with E-state index in [1.165, 1.54) is 19.5 Å². The summed E-state index contributed by atoms with van der Waals surface area (Å²) in [6.45, 7) is 1.36. The zero-order valence-electron chi connectivity index (χ0n) is 8.56. The van der Waals surface area contributed by atoms with Gasteiger partial charge in [-0.15, -0.1) is 0 Å². The lowest BCUT2D eigenvalue weighted by atomic mass is 10.4. The second-order valence-electron chi connectivity index (χ2n) is 2.85. The summed E-state index contributed by atoms with van der Waals surface area (Å²) < 4.78 is 4.50. The van der Waals surface area contributed by atoms with Gasteiger partial charge < -0.3 is 15.8 Å². The zero-order valence-corrected chi connectivity index (χ0v) is 8.56. The van der Waals surface area contributed by atoms with Crippen LogP contribution in [0.4, 0.5) is 5.82 Å². The average molecular weight is 210 g/mol. The molecular formula is C9H14N4O2. The van der Waals surface area contributed by atoms with E-state index in [2.05, 4.69) is 20.0 Å². The molecule has 1 heterocycles. The number of anilines is 1. The van der Waals surface area contributed by atoms with Crippen LogP contribution in [0.1, 0.15) is 16.9 Å². The van der Waals surface area contributed by atoms with Crippen LogP contribution in [0.2, 0.25) is 0 Å². The Morgan fingerprint density at radius 2 is 2.33 bits per heavy atom. The first-order chi connectivity index (χ1) is 7.27. The summed E-state index contributed by atoms with van der Waals surface area (Å²) in [5, 5.41) is 3.02. The molecule has 82 valence electrons. The topological polar surface area (TPSA) is 90.1 Å². The van der Waals surface area contributed by atoms with Crippen LogP contribution in [-0.2, 0) is 4.74 Å². The third kappa shape index (κ3) is 3.51. The highest BCUT2D eigenvalue weighted by molar-refractivity contribution is 5.86. The van der Waals surface area contributed by atoms with E-state index in [9.17, 15) is 4.79 Å². The van der Waals surface area contributed by atoms with Crippen LogP contribution in [0.3, 0.4) is 0 Å². The fourth-order valence-electron chi connectivity index (χ4n) is 0.948. The highest BCUT2D eigenvalue weighted by Crippen LogP contribution is 2.01. The van der Waals surface area contributed by atoms with Gasteiger partial charge in [-0.05, 0) is 13.0 Å². The van der Waals surface area contributed by atoms with E-state index in [1.807, 2.05) is 0 Å². The molecule has 1 rings (SSSR count). The first kappa shape index (κ1) is 11.4. The molecule has 1 aromatic heterocycles. The number of hydrogen-bond acceptors (Lipinski definition) is 6. The van der Waals surface area contributed by atoms with Crippen molar-refractivity contribution in [3.05, 3.63) is 18.1 Å². The van der Waals surface area contributed by atoms with Gasteiger partial charge in [0.05, 0.1) is 19.5 Å². The molecule has 0 aliphatic rings. The molecule has 6 heteroatoms. The Balaban J connectivity index is 2.52. The number of nitrogens with two attached hydrogens (primary N) is 1. The van der Waals surface area contributed by atoms with Gasteiger partial charge in [0.2, 0.25) is 0 Å². The number of carbonyl (C=O) groups is 1. The maximum Gasteiger partial charge on any atom is 0.358 e. The van der Waals surface area contributed by atoms with Crippen molar-refractivity contribution in [2.24, 2.45) is 5.73 Å². The second kappa shape index (κ2) is 5.92. The van der Waals surface area contributed by atoms with Crippen molar-refractivity contribution in [3.63, 3.8) is 0 Å². The highest BCUT2D eigenvalue weighted by Gasteiger charge is 2.06. The predicted octanol–water partition coefficient (Wildman–Crippen LogP) is 0.0239. The number of ether oxygens (including phenoxy) is 1. The maximum absolute atomic E-state index is 11.0. The van der Waals surface area contributed by atoms with Crippen molar-refractivity contribution in [1.29, 1.82) is 0 Å². The molecule has 6 nitrogen and oxygen atoms in total. The van der Waals surface area contributed by atoms with Crippen LogP contribution < -0.4 is 11.1 Å². The molecule has 0 unspecified atom stereocenters. The standard InChI is InChI=1S/C9H14N4O2/c1-15-9(14)7-5-13-8(6-12-7)11-4-2-3-10/h5-6H,2-4,10H2,1H3,(H,11,13). The van der Waals surface area contributed by atoms with Gasteiger partial charge >= 0.3 is 5.97 Å². The number of nitrogens with one attached hydrogen (secondary N) is 1. The number of esters is 1. The van der Waals surface area contributed by atoms with E-state index in [0.29, 0.717) is 12.4 Å². The molecule has 0 fully saturated rings. The fourth-order valence-corrected chi connectivity index (χ4v) is 0.948. The van der Waals surface area contributed by atoms with Gasteiger partial charge in [-0.25, -0.2) is 14.8 Å². The lowest BCUT2D eigenvalue weighted by Crippen LogP contribution is -2.10. The smallest absolute Gasteiger partial charge is 0.358 e. The van der Waals surface area contributed by atoms with Gasteiger partial charge in [0, 0.05) is 6.54 Å². The largest absolute Gasteiger partial charge is 0.464 e. The third-order valence-electron chi connectivity index (χ3n) is 1.73. The van der Waals surface area contributed by atoms with Crippen molar-refractivity contribution in [1.82, 2.24) is 9.97 Å². The Bertz CT molecular complexity index is 312. The molecule has 0 radical (unpaired) electrons. The minimum atomic E-state index is -0.490. The van der Waals surface area contributed by atoms with Crippen LogP contribution in [0.25, 0.3) is 0 Å². The SMILES string of the molecule is COC(=O)c1cnc(NCCCN)cn1. The predicted molar refractivity (Wildman–Crippen MR) is 55.5 cm³/mol. The van der Waals surface area contributed by atoms with E-state index in [1.54, 1.807) is 0 Å². The van der Waals surface area contributed by atoms with E-state index in [0.717, 1.165) is 13.0 Å². The van der Waals surface area contributed by atoms with Gasteiger partial charge in [0.25, 0.3) is 0 Å². The summed E-state index contributed by atoms with van der Waals surface area (Å²) in [6.07, 6.45) is 3.72. The van der Waals surface area contributed by atoms with Crippen LogP contribution >= 0.6 is 0 Å². The highest BCUT2D eigenvalue weighted by atomic mass is 16.5. The number of carbonyl (C=O) groups excluding carboxylic acids is 1. The quantitative estimate of drug-likeness (QED) is 0.526. The number of nitrogens with zero attached hydrogens (tertiary/aromatic N) is 2. The zero-order chi connectivity index (χ0) is 11.1. The molecule has 3 N–H and O–H groups in total. The van der Waals surface area contributed by atoms with Crippen LogP contribution in [0.15, 0.2) is 12.4 Å². The summed E-state index contributed by atoms with van der Waals surface area (Å²) >= 11 is 0. The molecule has 0 amide bonds. The first-order valence-corrected chi connectivity index (χ1v) is 4.62. The fraction of sp³-hybridized carbons (Fsp3) is 0.444. The Kier molecular flexibility index (Phi) is 4.49. The third-order valence-corrected chi connectivity index (χ3v) is 1.73. The molecular weight excluding hydrogens is 196 g/mol. The summed E-state index contributed by atoms with van der Waals surface area (Å²) in [4.78, 5) is 18.9. The lowest BCUT2D eigenvalue weighted by molar-refractivity contribution is 0.0593. The molecule has 0 aliphatic heterocycles. The number of hydrogen-bond donors (Lipinski definition) is 2. The van der Waals surface area contributed by atoms with E-state index < -0.39 is 5.97 Å². The minimum absolute atomic E-state index is 0.196. The second-order valence-corrected chi connectivity index (χ2v) is 2.85. The Hall–Kier alpha value is -1.69. The van der Waals surface area contributed by atoms with Gasteiger partial charge in [-0.3, -0.25) is 0 Å². The Labute approximate surface area is 87.9 Å². The van der Waals surface area contributed by atoms with Gasteiger partial charge in [-0.2, -0.15) is 0 Å². The first-order valence-electron chi connectivity index (χ1n) is 4.62. The molecule has 0 saturated heterocycles. The van der Waals surface area contributed by atoms with Gasteiger partial charge in [0.1, 0.15) is 5.82 Å². The molecule has 0 atom stereocenters. The van der Waals surface area contributed by atoms with Crippen molar-refractivity contribution < 1.29 is 9.53 Å². The molecule has 0 bridgehead atoms. The Morgan fingerprint density at radius 3 is 2.87 bits per heavy atom. The summed E-state index contributed by atoms with van der Waals surface area (Å²) in [5.41, 5.74) is 5.53. The monoisotopic (exact) mass is 210 g/mol. The van der Waals surface area contributed by atoms with Crippen molar-refractivity contribution >= 4 is 11.8 Å². The van der Waals surface area contributed by atoms with Crippen LogP contribution in [0.5, 0.6) is 0 Å². The Morgan fingerprint density at radius 1 is 1.53 bits per heavy atom. The van der Waals surface area contributed by atoms with E-state index in [-0.39, 0.29) is 5.69 Å². The molecule has 15 heavy (non-hydrogen) atoms. The van der Waals surface area contributed by atoms with Gasteiger partial charge in [0.15, 0.2) is 5.69 Å². The normalized spacial score (nSPS) is 9.73. The molecule has 0 aliphatic carbocycles. The molecule has 0 saturated carbocycles. The summed E-state index contributed by atoms with van der Waals surface area (Å²) in [6, 6.07) is 0. The minimum Gasteiger partial charge on any atom is -0.464 e. The number of methoxy groups -OCH3 is 1. The number of aromatic nitrogens is 2. The molecule has 0 spiro atoms. The number of rotatable bonds is 5. The maximum atomic E-state index is 11.0. The van der Waals surface area contributed by atoms with Crippen molar-refractivity contribution in [2.45, 2.75) is 6.42 Å². The van der Waals surface area contributed by atoms with Crippen molar-refractivity contribution in [2.75, 3.05) is 25.5 Å². The van der Waals surface area contributed by atoms with Crippen LogP contribution in [0, 0.1) is 0 Å². The van der Waals surface area contributed by atoms with E-state index in [4.69, 9.17) is 5.73 Å².